The summed E-state index contributed by atoms with van der Waals surface area (Å²) in [5, 5.41) is 10.8. The molecule has 180 valence electrons. The molecule has 2 aliphatic rings. The van der Waals surface area contributed by atoms with Crippen LogP contribution < -0.4 is 14.5 Å². The average Bonchev–Trinajstić information content (AvgIpc) is 3.34. The van der Waals surface area contributed by atoms with Crippen LogP contribution in [0.5, 0.6) is 5.75 Å². The second kappa shape index (κ2) is 11.4. The molecule has 2 saturated heterocycles. The molecule has 2 aliphatic heterocycles. The summed E-state index contributed by atoms with van der Waals surface area (Å²) in [7, 11) is 1.78. The Morgan fingerprint density at radius 1 is 1.15 bits per heavy atom. The third-order valence-electron chi connectivity index (χ3n) is 6.72. The number of unbranched alkanes of at least 4 members (excludes halogenated alkanes) is 1. The van der Waals surface area contributed by atoms with Gasteiger partial charge < -0.3 is 19.6 Å². The molecule has 5 nitrogen and oxygen atoms in total. The summed E-state index contributed by atoms with van der Waals surface area (Å²) in [6.07, 6.45) is 2.33. The topological polar surface area (TPSA) is 39.2 Å². The van der Waals surface area contributed by atoms with Crippen molar-refractivity contribution in [1.82, 2.24) is 4.90 Å². The maximum atomic E-state index is 15.1. The van der Waals surface area contributed by atoms with Crippen LogP contribution in [-0.4, -0.2) is 67.4 Å². The molecule has 7 heteroatoms. The molecule has 2 aromatic rings. The fourth-order valence-corrected chi connectivity index (χ4v) is 5.54. The molecule has 2 fully saturated rings. The first-order valence-electron chi connectivity index (χ1n) is 12.1. The maximum absolute atomic E-state index is 15.1. The van der Waals surface area contributed by atoms with Gasteiger partial charge in [0.2, 0.25) is 0 Å². The van der Waals surface area contributed by atoms with Crippen molar-refractivity contribution in [2.75, 3.05) is 61.1 Å². The van der Waals surface area contributed by atoms with Gasteiger partial charge in [0.15, 0.2) is 6.23 Å². The molecular weight excluding hydrogens is 437 g/mol. The van der Waals surface area contributed by atoms with E-state index in [1.165, 1.54) is 17.6 Å². The predicted molar refractivity (Wildman–Crippen MR) is 136 cm³/mol. The van der Waals surface area contributed by atoms with Gasteiger partial charge in [-0.3, -0.25) is 4.90 Å². The van der Waals surface area contributed by atoms with Crippen molar-refractivity contribution in [2.24, 2.45) is 0 Å². The molecule has 0 radical (unpaired) electrons. The molecule has 33 heavy (non-hydrogen) atoms. The Kier molecular flexibility index (Phi) is 8.39. The van der Waals surface area contributed by atoms with Crippen molar-refractivity contribution >= 4 is 23.1 Å². The predicted octanol–water partition coefficient (Wildman–Crippen LogP) is 4.76. The number of hydrogen-bond donors (Lipinski definition) is 1. The molecule has 0 amide bonds. The van der Waals surface area contributed by atoms with Gasteiger partial charge in [0, 0.05) is 62.0 Å². The minimum Gasteiger partial charge on any atom is -0.494 e. The number of aliphatic hydroxyl groups is 1. The van der Waals surface area contributed by atoms with E-state index in [0.717, 1.165) is 56.8 Å². The summed E-state index contributed by atoms with van der Waals surface area (Å²) in [6, 6.07) is 13.3. The highest BCUT2D eigenvalue weighted by molar-refractivity contribution is 7.99. The SMILES string of the molecule is CCCCOc1ccc(C(O)N(C)c2ccc(N3CCC(N4CCSCC4)C3)c(F)c2)cc1. The fourth-order valence-electron chi connectivity index (χ4n) is 4.61. The van der Waals surface area contributed by atoms with Crippen molar-refractivity contribution in [3.05, 3.63) is 53.8 Å². The molecule has 0 aliphatic carbocycles. The molecule has 0 bridgehead atoms. The Balaban J connectivity index is 1.37. The lowest BCUT2D eigenvalue weighted by Gasteiger charge is -2.32. The summed E-state index contributed by atoms with van der Waals surface area (Å²) in [6.45, 7) is 6.86. The third-order valence-corrected chi connectivity index (χ3v) is 7.66. The van der Waals surface area contributed by atoms with Crippen LogP contribution in [0.3, 0.4) is 0 Å². The van der Waals surface area contributed by atoms with E-state index in [1.54, 1.807) is 11.9 Å². The number of hydrogen-bond acceptors (Lipinski definition) is 6. The molecule has 2 heterocycles. The van der Waals surface area contributed by atoms with Crippen LogP contribution in [0.15, 0.2) is 42.5 Å². The zero-order valence-electron chi connectivity index (χ0n) is 19.8. The van der Waals surface area contributed by atoms with Crippen molar-refractivity contribution in [3.63, 3.8) is 0 Å². The molecular formula is C26H36FN3O2S. The number of aliphatic hydroxyl groups excluding tert-OH is 1. The van der Waals surface area contributed by atoms with E-state index in [-0.39, 0.29) is 5.82 Å². The first kappa shape index (κ1) is 24.2. The van der Waals surface area contributed by atoms with Crippen LogP contribution in [-0.2, 0) is 0 Å². The lowest BCUT2D eigenvalue weighted by Crippen LogP contribution is -2.42. The Morgan fingerprint density at radius 3 is 2.61 bits per heavy atom. The highest BCUT2D eigenvalue weighted by Crippen LogP contribution is 2.32. The molecule has 2 atom stereocenters. The largest absolute Gasteiger partial charge is 0.494 e. The second-order valence-corrected chi connectivity index (χ2v) is 10.2. The van der Waals surface area contributed by atoms with Gasteiger partial charge >= 0.3 is 0 Å². The summed E-state index contributed by atoms with van der Waals surface area (Å²) in [5.74, 6) is 2.96. The Hall–Kier alpha value is -1.96. The molecule has 4 rings (SSSR count). The van der Waals surface area contributed by atoms with Crippen LogP contribution in [0, 0.1) is 5.82 Å². The number of ether oxygens (including phenoxy) is 1. The molecule has 0 aromatic heterocycles. The van der Waals surface area contributed by atoms with Gasteiger partial charge in [0.05, 0.1) is 12.3 Å². The first-order valence-corrected chi connectivity index (χ1v) is 13.2. The minimum atomic E-state index is -0.868. The highest BCUT2D eigenvalue weighted by Gasteiger charge is 2.30. The summed E-state index contributed by atoms with van der Waals surface area (Å²) in [5.41, 5.74) is 2.05. The lowest BCUT2D eigenvalue weighted by molar-refractivity contribution is 0.178. The van der Waals surface area contributed by atoms with E-state index >= 15 is 4.39 Å². The molecule has 2 unspecified atom stereocenters. The van der Waals surface area contributed by atoms with Gasteiger partial charge in [0.1, 0.15) is 11.6 Å². The molecule has 2 aromatic carbocycles. The average molecular weight is 474 g/mol. The van der Waals surface area contributed by atoms with Gasteiger partial charge in [0.25, 0.3) is 0 Å². The Bertz CT molecular complexity index is 892. The fraction of sp³-hybridized carbons (Fsp3) is 0.538. The van der Waals surface area contributed by atoms with Crippen molar-refractivity contribution in [2.45, 2.75) is 38.5 Å². The van der Waals surface area contributed by atoms with Gasteiger partial charge in [-0.25, -0.2) is 4.39 Å². The van der Waals surface area contributed by atoms with Crippen molar-refractivity contribution < 1.29 is 14.2 Å². The molecule has 0 spiro atoms. The summed E-state index contributed by atoms with van der Waals surface area (Å²) in [4.78, 5) is 6.42. The van der Waals surface area contributed by atoms with E-state index < -0.39 is 6.23 Å². The van der Waals surface area contributed by atoms with Crippen LogP contribution in [0.1, 0.15) is 38.0 Å². The molecule has 0 saturated carbocycles. The van der Waals surface area contributed by atoms with Crippen LogP contribution >= 0.6 is 11.8 Å². The normalized spacial score (nSPS) is 20.1. The third kappa shape index (κ3) is 5.94. The van der Waals surface area contributed by atoms with Gasteiger partial charge in [-0.05, 0) is 43.2 Å². The second-order valence-electron chi connectivity index (χ2n) is 8.93. The number of rotatable bonds is 9. The van der Waals surface area contributed by atoms with Gasteiger partial charge in [-0.15, -0.1) is 0 Å². The maximum Gasteiger partial charge on any atom is 0.153 e. The number of anilines is 2. The smallest absolute Gasteiger partial charge is 0.153 e. The standard InChI is InChI=1S/C26H36FN3O2S/c1-3-4-15-32-23-8-5-20(6-9-23)26(31)28(2)21-7-10-25(24(27)18-21)30-12-11-22(19-30)29-13-16-33-17-14-29/h5-10,18,22,26,31H,3-4,11-17,19H2,1-2H3. The number of nitrogens with zero attached hydrogens (tertiary/aromatic N) is 3. The van der Waals surface area contributed by atoms with Crippen LogP contribution in [0.4, 0.5) is 15.8 Å². The Labute approximate surface area is 201 Å². The van der Waals surface area contributed by atoms with E-state index in [4.69, 9.17) is 4.74 Å². The zero-order valence-corrected chi connectivity index (χ0v) is 20.6. The Morgan fingerprint density at radius 2 is 1.91 bits per heavy atom. The number of halogens is 1. The van der Waals surface area contributed by atoms with Crippen LogP contribution in [0.25, 0.3) is 0 Å². The summed E-state index contributed by atoms with van der Waals surface area (Å²) >= 11 is 2.02. The minimum absolute atomic E-state index is 0.235. The monoisotopic (exact) mass is 473 g/mol. The van der Waals surface area contributed by atoms with Crippen molar-refractivity contribution in [3.8, 4) is 5.75 Å². The quantitative estimate of drug-likeness (QED) is 0.418. The van der Waals surface area contributed by atoms with Gasteiger partial charge in [-0.2, -0.15) is 11.8 Å². The lowest BCUT2D eigenvalue weighted by atomic mass is 10.1. The van der Waals surface area contributed by atoms with Gasteiger partial charge in [-0.1, -0.05) is 25.5 Å². The number of benzene rings is 2. The summed E-state index contributed by atoms with van der Waals surface area (Å²) < 4.78 is 20.8. The van der Waals surface area contributed by atoms with E-state index in [0.29, 0.717) is 24.0 Å². The highest BCUT2D eigenvalue weighted by atomic mass is 32.2. The van der Waals surface area contributed by atoms with E-state index in [9.17, 15) is 5.11 Å². The van der Waals surface area contributed by atoms with Crippen molar-refractivity contribution in [1.29, 1.82) is 0 Å². The van der Waals surface area contributed by atoms with Crippen LogP contribution in [0.2, 0.25) is 0 Å². The molecule has 1 N–H and O–H groups in total. The zero-order chi connectivity index (χ0) is 23.2. The van der Waals surface area contributed by atoms with E-state index in [1.807, 2.05) is 48.2 Å². The first-order chi connectivity index (χ1) is 16.1. The van der Waals surface area contributed by atoms with E-state index in [2.05, 4.69) is 16.7 Å². The number of thioether (sulfide) groups is 1.